The number of benzene rings is 2. The number of ether oxygens (including phenoxy) is 3. The second-order valence-electron chi connectivity index (χ2n) is 9.44. The van der Waals surface area contributed by atoms with Crippen molar-refractivity contribution in [3.8, 4) is 11.5 Å². The number of thiophene rings is 1. The molecular formula is C29H31FN2O5S. The summed E-state index contributed by atoms with van der Waals surface area (Å²) < 4.78 is 31.2. The largest absolute Gasteiger partial charge is 0.493 e. The van der Waals surface area contributed by atoms with Crippen molar-refractivity contribution in [3.05, 3.63) is 81.8 Å². The van der Waals surface area contributed by atoms with Crippen molar-refractivity contribution in [2.24, 2.45) is 0 Å². The summed E-state index contributed by atoms with van der Waals surface area (Å²) in [4.78, 5) is 31.7. The molecule has 0 radical (unpaired) electrons. The van der Waals surface area contributed by atoms with E-state index in [0.29, 0.717) is 24.7 Å². The summed E-state index contributed by atoms with van der Waals surface area (Å²) in [6, 6.07) is 14.7. The van der Waals surface area contributed by atoms with Gasteiger partial charge in [-0.3, -0.25) is 9.59 Å². The summed E-state index contributed by atoms with van der Waals surface area (Å²) in [5, 5.41) is 2.03. The van der Waals surface area contributed by atoms with Gasteiger partial charge >= 0.3 is 0 Å². The lowest BCUT2D eigenvalue weighted by atomic mass is 10.00. The van der Waals surface area contributed by atoms with Crippen molar-refractivity contribution in [2.75, 3.05) is 40.0 Å². The van der Waals surface area contributed by atoms with Crippen molar-refractivity contribution < 1.29 is 28.2 Å². The molecule has 2 unspecified atom stereocenters. The van der Waals surface area contributed by atoms with E-state index in [1.807, 2.05) is 35.7 Å². The average Bonchev–Trinajstić information content (AvgIpc) is 3.63. The van der Waals surface area contributed by atoms with Crippen molar-refractivity contribution in [1.82, 2.24) is 9.80 Å². The third kappa shape index (κ3) is 5.84. The van der Waals surface area contributed by atoms with Crippen LogP contribution in [0.4, 0.5) is 4.39 Å². The maximum atomic E-state index is 13.9. The van der Waals surface area contributed by atoms with Crippen LogP contribution in [0.5, 0.6) is 11.5 Å². The highest BCUT2D eigenvalue weighted by Crippen LogP contribution is 2.35. The number of carbonyl (C=O) groups is 2. The molecule has 2 aromatic carbocycles. The Labute approximate surface area is 225 Å². The van der Waals surface area contributed by atoms with E-state index in [1.54, 1.807) is 29.4 Å². The maximum Gasteiger partial charge on any atom is 0.254 e. The number of amides is 2. The lowest BCUT2D eigenvalue weighted by Crippen LogP contribution is -2.49. The van der Waals surface area contributed by atoms with Crippen LogP contribution in [0.1, 0.15) is 39.7 Å². The third-order valence-corrected chi connectivity index (χ3v) is 8.01. The summed E-state index contributed by atoms with van der Waals surface area (Å²) in [6.07, 6.45) is 2.33. The van der Waals surface area contributed by atoms with Crippen LogP contribution < -0.4 is 9.47 Å². The summed E-state index contributed by atoms with van der Waals surface area (Å²) in [5.74, 6) is 0.164. The van der Waals surface area contributed by atoms with Gasteiger partial charge in [0.25, 0.3) is 5.91 Å². The van der Waals surface area contributed by atoms with Gasteiger partial charge in [0.1, 0.15) is 19.0 Å². The molecule has 200 valence electrons. The zero-order valence-corrected chi connectivity index (χ0v) is 22.1. The van der Waals surface area contributed by atoms with Crippen molar-refractivity contribution in [2.45, 2.75) is 31.4 Å². The molecule has 2 amide bonds. The van der Waals surface area contributed by atoms with Gasteiger partial charge in [0.15, 0.2) is 11.5 Å². The van der Waals surface area contributed by atoms with E-state index in [-0.39, 0.29) is 49.2 Å². The smallest absolute Gasteiger partial charge is 0.254 e. The van der Waals surface area contributed by atoms with Gasteiger partial charge in [0.2, 0.25) is 5.91 Å². The van der Waals surface area contributed by atoms with Gasteiger partial charge in [-0.1, -0.05) is 18.2 Å². The quantitative estimate of drug-likeness (QED) is 0.394. The van der Waals surface area contributed by atoms with Gasteiger partial charge < -0.3 is 24.0 Å². The Balaban J connectivity index is 1.36. The van der Waals surface area contributed by atoms with E-state index in [0.717, 1.165) is 24.8 Å². The molecule has 5 rings (SSSR count). The minimum absolute atomic E-state index is 0.125. The Morgan fingerprint density at radius 2 is 2.00 bits per heavy atom. The number of fused-ring (bicyclic) bond motifs is 1. The minimum atomic E-state index is -0.492. The highest BCUT2D eigenvalue weighted by atomic mass is 32.1. The molecule has 2 aliphatic heterocycles. The van der Waals surface area contributed by atoms with E-state index in [9.17, 15) is 14.0 Å². The monoisotopic (exact) mass is 538 g/mol. The topological polar surface area (TPSA) is 68.3 Å². The average molecular weight is 539 g/mol. The molecule has 0 spiro atoms. The molecule has 0 N–H and O–H groups in total. The van der Waals surface area contributed by atoms with Crippen molar-refractivity contribution in [1.29, 1.82) is 0 Å². The predicted octanol–water partition coefficient (Wildman–Crippen LogP) is 4.72. The first-order valence-electron chi connectivity index (χ1n) is 12.8. The molecule has 7 nitrogen and oxygen atoms in total. The number of halogens is 1. The molecule has 2 aliphatic rings. The molecule has 3 aromatic rings. The Morgan fingerprint density at radius 1 is 1.16 bits per heavy atom. The number of carbonyl (C=O) groups excluding carboxylic acids is 2. The molecule has 0 saturated carbocycles. The third-order valence-electron chi connectivity index (χ3n) is 7.01. The van der Waals surface area contributed by atoms with Crippen LogP contribution in [0.3, 0.4) is 0 Å². The van der Waals surface area contributed by atoms with Crippen LogP contribution in [0.2, 0.25) is 0 Å². The fraction of sp³-hybridized carbons (Fsp3) is 0.379. The SMILES string of the molecule is COc1ccccc1OCC1c2ccsc2CCN1C(=O)CN(CC1CCCO1)C(=O)c1cccc(F)c1. The summed E-state index contributed by atoms with van der Waals surface area (Å²) in [7, 11) is 1.59. The van der Waals surface area contributed by atoms with Gasteiger partial charge in [-0.15, -0.1) is 11.3 Å². The first-order chi connectivity index (χ1) is 18.5. The second kappa shape index (κ2) is 12.0. The van der Waals surface area contributed by atoms with Crippen molar-refractivity contribution in [3.63, 3.8) is 0 Å². The van der Waals surface area contributed by atoms with E-state index >= 15 is 0 Å². The minimum Gasteiger partial charge on any atom is -0.493 e. The van der Waals surface area contributed by atoms with Gasteiger partial charge in [0, 0.05) is 30.1 Å². The number of para-hydroxylation sites is 2. The summed E-state index contributed by atoms with van der Waals surface area (Å²) >= 11 is 1.68. The van der Waals surface area contributed by atoms with Crippen molar-refractivity contribution >= 4 is 23.2 Å². The second-order valence-corrected chi connectivity index (χ2v) is 10.4. The van der Waals surface area contributed by atoms with E-state index in [4.69, 9.17) is 14.2 Å². The standard InChI is InChI=1S/C29H31FN2O5S/c1-35-25-9-2-3-10-26(25)37-19-24-23-12-15-38-27(23)11-13-32(24)28(33)18-31(17-22-8-5-14-36-22)29(34)20-6-4-7-21(30)16-20/h2-4,6-7,9-10,12,15-16,22,24H,5,8,11,13-14,17-19H2,1H3. The number of rotatable bonds is 9. The molecule has 38 heavy (non-hydrogen) atoms. The first-order valence-corrected chi connectivity index (χ1v) is 13.7. The summed E-state index contributed by atoms with van der Waals surface area (Å²) in [5.41, 5.74) is 1.28. The van der Waals surface area contributed by atoms with Gasteiger partial charge in [-0.05, 0) is 66.6 Å². The first kappa shape index (κ1) is 26.2. The van der Waals surface area contributed by atoms with Crippen LogP contribution in [0.15, 0.2) is 60.0 Å². The fourth-order valence-electron chi connectivity index (χ4n) is 5.09. The zero-order valence-electron chi connectivity index (χ0n) is 21.3. The summed E-state index contributed by atoms with van der Waals surface area (Å²) in [6.45, 7) is 1.56. The molecular weight excluding hydrogens is 507 g/mol. The van der Waals surface area contributed by atoms with E-state index in [2.05, 4.69) is 0 Å². The number of hydrogen-bond acceptors (Lipinski definition) is 6. The van der Waals surface area contributed by atoms with Gasteiger partial charge in [-0.25, -0.2) is 4.39 Å². The maximum absolute atomic E-state index is 13.9. The molecule has 0 bridgehead atoms. The number of hydrogen-bond donors (Lipinski definition) is 0. The van der Waals surface area contributed by atoms with Crippen LogP contribution in [-0.4, -0.2) is 67.7 Å². The molecule has 1 saturated heterocycles. The highest BCUT2D eigenvalue weighted by Gasteiger charge is 2.34. The molecule has 1 aromatic heterocycles. The lowest BCUT2D eigenvalue weighted by molar-refractivity contribution is -0.135. The zero-order chi connectivity index (χ0) is 26.5. The molecule has 1 fully saturated rings. The van der Waals surface area contributed by atoms with Crippen LogP contribution in [-0.2, 0) is 16.0 Å². The molecule has 2 atom stereocenters. The Morgan fingerprint density at radius 3 is 2.76 bits per heavy atom. The normalized spacial score (nSPS) is 18.6. The van der Waals surface area contributed by atoms with E-state index in [1.165, 1.54) is 28.0 Å². The Hall–Kier alpha value is -3.43. The predicted molar refractivity (Wildman–Crippen MR) is 142 cm³/mol. The number of nitrogens with zero attached hydrogens (tertiary/aromatic N) is 2. The van der Waals surface area contributed by atoms with Gasteiger partial charge in [0.05, 0.1) is 19.3 Å². The van der Waals surface area contributed by atoms with E-state index < -0.39 is 5.82 Å². The van der Waals surface area contributed by atoms with Crippen LogP contribution in [0, 0.1) is 5.82 Å². The molecule has 0 aliphatic carbocycles. The van der Waals surface area contributed by atoms with Crippen LogP contribution in [0.25, 0.3) is 0 Å². The molecule has 3 heterocycles. The lowest BCUT2D eigenvalue weighted by Gasteiger charge is -2.37. The Kier molecular flexibility index (Phi) is 8.24. The van der Waals surface area contributed by atoms with Crippen LogP contribution >= 0.6 is 11.3 Å². The molecule has 9 heteroatoms. The Bertz CT molecular complexity index is 1280. The number of methoxy groups -OCH3 is 1. The fourth-order valence-corrected chi connectivity index (χ4v) is 6.02. The van der Waals surface area contributed by atoms with Gasteiger partial charge in [-0.2, -0.15) is 0 Å². The highest BCUT2D eigenvalue weighted by molar-refractivity contribution is 7.10.